The summed E-state index contributed by atoms with van der Waals surface area (Å²) in [6.07, 6.45) is 2.06. The van der Waals surface area contributed by atoms with E-state index >= 15 is 0 Å². The van der Waals surface area contributed by atoms with Gasteiger partial charge in [-0.15, -0.1) is 21.5 Å². The molecule has 7 heteroatoms. The number of carbonyl (C=O) groups excluding carboxylic acids is 1. The Bertz CT molecular complexity index is 856. The molecule has 1 aliphatic rings. The zero-order chi connectivity index (χ0) is 16.4. The van der Waals surface area contributed by atoms with Gasteiger partial charge < -0.3 is 15.2 Å². The lowest BCUT2D eigenvalue weighted by Crippen LogP contribution is -2.29. The molecule has 0 unspecified atom stereocenters. The van der Waals surface area contributed by atoms with Gasteiger partial charge in [-0.25, -0.2) is 4.79 Å². The molecule has 0 aliphatic carbocycles. The predicted octanol–water partition coefficient (Wildman–Crippen LogP) is 3.27. The summed E-state index contributed by atoms with van der Waals surface area (Å²) < 4.78 is 2.08. The van der Waals surface area contributed by atoms with Crippen LogP contribution in [0.2, 0.25) is 0 Å². The molecule has 2 amide bonds. The third-order valence-corrected chi connectivity index (χ3v) is 4.94. The molecule has 0 saturated heterocycles. The molecule has 2 N–H and O–H groups in total. The number of rotatable bonds is 4. The van der Waals surface area contributed by atoms with Crippen molar-refractivity contribution in [2.45, 2.75) is 25.9 Å². The molecule has 0 radical (unpaired) electrons. The van der Waals surface area contributed by atoms with Crippen molar-refractivity contribution in [3.8, 4) is 10.4 Å². The molecule has 2 aromatic heterocycles. The Kier molecular flexibility index (Phi) is 4.00. The van der Waals surface area contributed by atoms with Crippen molar-refractivity contribution in [1.29, 1.82) is 0 Å². The van der Waals surface area contributed by atoms with Gasteiger partial charge in [-0.3, -0.25) is 0 Å². The molecule has 1 aromatic carbocycles. The second-order valence-electron chi connectivity index (χ2n) is 5.65. The van der Waals surface area contributed by atoms with Gasteiger partial charge in [0.15, 0.2) is 5.82 Å². The number of amides is 2. The first kappa shape index (κ1) is 14.9. The van der Waals surface area contributed by atoms with Crippen LogP contribution in [0.3, 0.4) is 0 Å². The predicted molar refractivity (Wildman–Crippen MR) is 94.0 cm³/mol. The second kappa shape index (κ2) is 6.45. The molecule has 0 atom stereocenters. The average Bonchev–Trinajstić information content (AvgIpc) is 3.31. The minimum absolute atomic E-state index is 0.242. The first-order valence-electron chi connectivity index (χ1n) is 7.89. The largest absolute Gasteiger partial charge is 0.331 e. The Balaban J connectivity index is 1.38. The topological polar surface area (TPSA) is 71.8 Å². The van der Waals surface area contributed by atoms with Crippen molar-refractivity contribution in [1.82, 2.24) is 20.1 Å². The summed E-state index contributed by atoms with van der Waals surface area (Å²) in [6.45, 7) is 1.31. The number of benzene rings is 1. The smallest absolute Gasteiger partial charge is 0.319 e. The number of hydrogen-bond acceptors (Lipinski definition) is 4. The van der Waals surface area contributed by atoms with Gasteiger partial charge in [0.25, 0.3) is 0 Å². The van der Waals surface area contributed by atoms with E-state index in [1.54, 1.807) is 11.3 Å². The van der Waals surface area contributed by atoms with E-state index in [1.807, 2.05) is 35.7 Å². The molecular formula is C17H17N5OS. The molecule has 0 saturated carbocycles. The Labute approximate surface area is 143 Å². The zero-order valence-electron chi connectivity index (χ0n) is 13.0. The Hall–Kier alpha value is -2.67. The van der Waals surface area contributed by atoms with E-state index in [0.717, 1.165) is 42.3 Å². The van der Waals surface area contributed by atoms with Crippen molar-refractivity contribution < 1.29 is 4.79 Å². The van der Waals surface area contributed by atoms with Crippen LogP contribution in [0.1, 0.15) is 18.1 Å². The lowest BCUT2D eigenvalue weighted by molar-refractivity contribution is 0.251. The summed E-state index contributed by atoms with van der Waals surface area (Å²) >= 11 is 1.68. The third kappa shape index (κ3) is 3.03. The number of nitrogens with one attached hydrogen (secondary N) is 2. The van der Waals surface area contributed by atoms with Crippen molar-refractivity contribution in [3.05, 3.63) is 53.4 Å². The summed E-state index contributed by atoms with van der Waals surface area (Å²) in [4.78, 5) is 13.3. The highest BCUT2D eigenvalue weighted by Crippen LogP contribution is 2.26. The van der Waals surface area contributed by atoms with Crippen LogP contribution in [0.4, 0.5) is 10.5 Å². The standard InChI is InChI=1S/C17H17N5OS/c23-17(18-11-16-21-20-15-7-2-8-22(15)16)19-13-5-1-4-12(10-13)14-6-3-9-24-14/h1,3-6,9-10H,2,7-8,11H2,(H2,18,19,23). The number of thiophene rings is 1. The number of hydrogen-bond donors (Lipinski definition) is 2. The van der Waals surface area contributed by atoms with Crippen LogP contribution in [0.25, 0.3) is 10.4 Å². The van der Waals surface area contributed by atoms with E-state index in [0.29, 0.717) is 6.54 Å². The minimum atomic E-state index is -0.242. The van der Waals surface area contributed by atoms with E-state index in [9.17, 15) is 4.79 Å². The number of fused-ring (bicyclic) bond motifs is 1. The van der Waals surface area contributed by atoms with Gasteiger partial charge in [0.2, 0.25) is 0 Å². The number of aromatic nitrogens is 3. The SMILES string of the molecule is O=C(NCc1nnc2n1CCC2)Nc1cccc(-c2cccs2)c1. The molecule has 0 bridgehead atoms. The molecule has 3 aromatic rings. The van der Waals surface area contributed by atoms with E-state index in [2.05, 4.69) is 31.5 Å². The van der Waals surface area contributed by atoms with Gasteiger partial charge in [0, 0.05) is 23.5 Å². The number of carbonyl (C=O) groups is 1. The first-order chi connectivity index (χ1) is 11.8. The summed E-state index contributed by atoms with van der Waals surface area (Å²) in [7, 11) is 0. The van der Waals surface area contributed by atoms with Gasteiger partial charge in [-0.2, -0.15) is 0 Å². The van der Waals surface area contributed by atoms with Crippen LogP contribution in [0.5, 0.6) is 0 Å². The van der Waals surface area contributed by atoms with Crippen LogP contribution in [-0.4, -0.2) is 20.8 Å². The lowest BCUT2D eigenvalue weighted by atomic mass is 10.1. The van der Waals surface area contributed by atoms with Gasteiger partial charge in [-0.05, 0) is 35.6 Å². The third-order valence-electron chi connectivity index (χ3n) is 4.02. The highest BCUT2D eigenvalue weighted by atomic mass is 32.1. The lowest BCUT2D eigenvalue weighted by Gasteiger charge is -2.09. The molecule has 0 fully saturated rings. The number of nitrogens with zero attached hydrogens (tertiary/aromatic N) is 3. The van der Waals surface area contributed by atoms with Crippen LogP contribution in [0.15, 0.2) is 41.8 Å². The molecule has 6 nitrogen and oxygen atoms in total. The molecular weight excluding hydrogens is 322 g/mol. The van der Waals surface area contributed by atoms with Crippen LogP contribution < -0.4 is 10.6 Å². The Morgan fingerprint density at radius 3 is 3.08 bits per heavy atom. The second-order valence-corrected chi connectivity index (χ2v) is 6.60. The fraction of sp³-hybridized carbons (Fsp3) is 0.235. The van der Waals surface area contributed by atoms with Crippen molar-refractivity contribution >= 4 is 23.1 Å². The van der Waals surface area contributed by atoms with E-state index in [4.69, 9.17) is 0 Å². The van der Waals surface area contributed by atoms with E-state index in [-0.39, 0.29) is 6.03 Å². The number of anilines is 1. The monoisotopic (exact) mass is 339 g/mol. The number of aryl methyl sites for hydroxylation is 1. The highest BCUT2D eigenvalue weighted by Gasteiger charge is 2.17. The molecule has 3 heterocycles. The molecule has 4 rings (SSSR count). The van der Waals surface area contributed by atoms with Gasteiger partial charge in [0.05, 0.1) is 6.54 Å². The normalized spacial score (nSPS) is 12.8. The molecule has 0 spiro atoms. The fourth-order valence-corrected chi connectivity index (χ4v) is 3.59. The van der Waals surface area contributed by atoms with Crippen molar-refractivity contribution in [2.24, 2.45) is 0 Å². The van der Waals surface area contributed by atoms with Gasteiger partial charge >= 0.3 is 6.03 Å². The van der Waals surface area contributed by atoms with Crippen molar-refractivity contribution in [3.63, 3.8) is 0 Å². The number of urea groups is 1. The maximum atomic E-state index is 12.1. The molecule has 24 heavy (non-hydrogen) atoms. The van der Waals surface area contributed by atoms with E-state index < -0.39 is 0 Å². The van der Waals surface area contributed by atoms with Gasteiger partial charge in [-0.1, -0.05) is 18.2 Å². The highest BCUT2D eigenvalue weighted by molar-refractivity contribution is 7.13. The Morgan fingerprint density at radius 2 is 2.21 bits per heavy atom. The van der Waals surface area contributed by atoms with E-state index in [1.165, 1.54) is 4.88 Å². The average molecular weight is 339 g/mol. The maximum Gasteiger partial charge on any atom is 0.319 e. The van der Waals surface area contributed by atoms with Crippen LogP contribution in [-0.2, 0) is 19.5 Å². The fourth-order valence-electron chi connectivity index (χ4n) is 2.87. The van der Waals surface area contributed by atoms with Crippen LogP contribution >= 0.6 is 11.3 Å². The molecule has 1 aliphatic heterocycles. The summed E-state index contributed by atoms with van der Waals surface area (Å²) in [5.41, 5.74) is 1.86. The summed E-state index contributed by atoms with van der Waals surface area (Å²) in [6, 6.07) is 11.7. The van der Waals surface area contributed by atoms with Crippen molar-refractivity contribution in [2.75, 3.05) is 5.32 Å². The molecule has 122 valence electrons. The quantitative estimate of drug-likeness (QED) is 0.766. The summed E-state index contributed by atoms with van der Waals surface area (Å²) in [5, 5.41) is 16.0. The summed E-state index contributed by atoms with van der Waals surface area (Å²) in [5.74, 6) is 1.82. The Morgan fingerprint density at radius 1 is 1.25 bits per heavy atom. The maximum absolute atomic E-state index is 12.1. The first-order valence-corrected chi connectivity index (χ1v) is 8.77. The zero-order valence-corrected chi connectivity index (χ0v) is 13.8. The minimum Gasteiger partial charge on any atom is -0.331 e. The van der Waals surface area contributed by atoms with Gasteiger partial charge in [0.1, 0.15) is 5.82 Å². The van der Waals surface area contributed by atoms with Crippen LogP contribution in [0, 0.1) is 0 Å².